The van der Waals surface area contributed by atoms with Crippen molar-refractivity contribution in [1.29, 1.82) is 0 Å². The third kappa shape index (κ3) is 5.28. The maximum Gasteiger partial charge on any atom is 0.407 e. The van der Waals surface area contributed by atoms with Crippen molar-refractivity contribution in [2.75, 3.05) is 12.3 Å². The molecular formula is C17H19N3O2. The fourth-order valence-corrected chi connectivity index (χ4v) is 1.80. The van der Waals surface area contributed by atoms with Crippen LogP contribution in [0.4, 0.5) is 10.5 Å². The normalized spacial score (nSPS) is 10.5. The molecule has 0 aliphatic carbocycles. The summed E-state index contributed by atoms with van der Waals surface area (Å²) in [7, 11) is 0. The maximum atomic E-state index is 11.5. The van der Waals surface area contributed by atoms with Crippen LogP contribution in [-0.2, 0) is 11.3 Å². The van der Waals surface area contributed by atoms with Crippen LogP contribution in [0, 0.1) is 0 Å². The van der Waals surface area contributed by atoms with E-state index in [4.69, 9.17) is 10.5 Å². The van der Waals surface area contributed by atoms with E-state index in [1.54, 1.807) is 18.3 Å². The number of carbonyl (C=O) groups is 1. The van der Waals surface area contributed by atoms with Crippen LogP contribution in [0.15, 0.2) is 54.7 Å². The Morgan fingerprint density at radius 3 is 2.82 bits per heavy atom. The second kappa shape index (κ2) is 8.46. The fraction of sp³-hybridized carbons (Fsp3) is 0.176. The van der Waals surface area contributed by atoms with E-state index in [2.05, 4.69) is 10.3 Å². The van der Waals surface area contributed by atoms with E-state index in [1.165, 1.54) is 0 Å². The lowest BCUT2D eigenvalue weighted by molar-refractivity contribution is 0.140. The largest absolute Gasteiger partial charge is 0.445 e. The number of pyridine rings is 1. The van der Waals surface area contributed by atoms with Crippen LogP contribution in [0.5, 0.6) is 0 Å². The van der Waals surface area contributed by atoms with E-state index in [0.29, 0.717) is 18.7 Å². The standard InChI is InChI=1S/C17H19N3O2/c18-15-9-6-12-19-16(15)10-4-5-11-20-17(21)22-13-14-7-2-1-3-8-14/h1-4,6-10,12H,5,11,13,18H2,(H,20,21). The highest BCUT2D eigenvalue weighted by molar-refractivity contribution is 5.67. The van der Waals surface area contributed by atoms with Crippen LogP contribution in [0.3, 0.4) is 0 Å². The molecule has 0 radical (unpaired) electrons. The third-order valence-corrected chi connectivity index (χ3v) is 2.94. The lowest BCUT2D eigenvalue weighted by atomic mass is 10.2. The number of nitrogens with two attached hydrogens (primary N) is 1. The topological polar surface area (TPSA) is 77.2 Å². The van der Waals surface area contributed by atoms with Crippen molar-refractivity contribution >= 4 is 17.9 Å². The van der Waals surface area contributed by atoms with Crippen molar-refractivity contribution in [3.63, 3.8) is 0 Å². The average Bonchev–Trinajstić information content (AvgIpc) is 2.55. The molecule has 1 aromatic heterocycles. The van der Waals surface area contributed by atoms with Gasteiger partial charge in [0.25, 0.3) is 0 Å². The first kappa shape index (κ1) is 15.6. The minimum atomic E-state index is -0.422. The Kier molecular flexibility index (Phi) is 5.99. The highest BCUT2D eigenvalue weighted by Crippen LogP contribution is 2.08. The van der Waals surface area contributed by atoms with Gasteiger partial charge in [-0.1, -0.05) is 36.4 Å². The van der Waals surface area contributed by atoms with Crippen LogP contribution in [0.1, 0.15) is 17.7 Å². The van der Waals surface area contributed by atoms with Gasteiger partial charge in [-0.25, -0.2) is 4.79 Å². The molecule has 3 N–H and O–H groups in total. The van der Waals surface area contributed by atoms with Crippen molar-refractivity contribution in [2.24, 2.45) is 0 Å². The Labute approximate surface area is 129 Å². The first-order valence-corrected chi connectivity index (χ1v) is 7.07. The molecule has 1 aromatic carbocycles. The van der Waals surface area contributed by atoms with Gasteiger partial charge in [0.2, 0.25) is 0 Å². The van der Waals surface area contributed by atoms with Gasteiger partial charge in [0.15, 0.2) is 0 Å². The van der Waals surface area contributed by atoms with Gasteiger partial charge in [-0.05, 0) is 30.2 Å². The molecule has 0 saturated heterocycles. The van der Waals surface area contributed by atoms with Crippen LogP contribution in [-0.4, -0.2) is 17.6 Å². The first-order chi connectivity index (χ1) is 10.8. The second-order valence-corrected chi connectivity index (χ2v) is 4.66. The minimum Gasteiger partial charge on any atom is -0.445 e. The molecule has 0 unspecified atom stereocenters. The molecule has 1 amide bonds. The van der Waals surface area contributed by atoms with Gasteiger partial charge in [-0.15, -0.1) is 0 Å². The Morgan fingerprint density at radius 2 is 2.05 bits per heavy atom. The molecule has 1 heterocycles. The molecule has 0 saturated carbocycles. The molecule has 0 atom stereocenters. The average molecular weight is 297 g/mol. The van der Waals surface area contributed by atoms with Gasteiger partial charge in [0, 0.05) is 12.7 Å². The maximum absolute atomic E-state index is 11.5. The number of nitrogen functional groups attached to an aromatic ring is 1. The van der Waals surface area contributed by atoms with Gasteiger partial charge in [-0.2, -0.15) is 0 Å². The summed E-state index contributed by atoms with van der Waals surface area (Å²) in [6.07, 6.45) is 5.70. The SMILES string of the molecule is Nc1cccnc1C=CCCNC(=O)OCc1ccccc1. The number of hydrogen-bond donors (Lipinski definition) is 2. The van der Waals surface area contributed by atoms with Gasteiger partial charge < -0.3 is 15.8 Å². The zero-order chi connectivity index (χ0) is 15.6. The molecule has 22 heavy (non-hydrogen) atoms. The Bertz CT molecular complexity index is 627. The predicted molar refractivity (Wildman–Crippen MR) is 86.9 cm³/mol. The molecule has 114 valence electrons. The number of rotatable bonds is 6. The zero-order valence-electron chi connectivity index (χ0n) is 12.2. The molecule has 0 fully saturated rings. The molecule has 2 aromatic rings. The van der Waals surface area contributed by atoms with Crippen LogP contribution >= 0.6 is 0 Å². The van der Waals surface area contributed by atoms with Crippen molar-refractivity contribution in [3.05, 3.63) is 66.0 Å². The van der Waals surface area contributed by atoms with E-state index in [-0.39, 0.29) is 6.61 Å². The molecule has 0 bridgehead atoms. The second-order valence-electron chi connectivity index (χ2n) is 4.66. The number of benzene rings is 1. The monoisotopic (exact) mass is 297 g/mol. The number of ether oxygens (including phenoxy) is 1. The molecule has 2 rings (SSSR count). The van der Waals surface area contributed by atoms with E-state index < -0.39 is 6.09 Å². The minimum absolute atomic E-state index is 0.271. The molecule has 0 spiro atoms. The number of aromatic nitrogens is 1. The summed E-state index contributed by atoms with van der Waals surface area (Å²) < 4.78 is 5.11. The Balaban J connectivity index is 1.64. The number of alkyl carbamates (subject to hydrolysis) is 1. The number of carbonyl (C=O) groups excluding carboxylic acids is 1. The third-order valence-electron chi connectivity index (χ3n) is 2.94. The number of anilines is 1. The summed E-state index contributed by atoms with van der Waals surface area (Å²) >= 11 is 0. The quantitative estimate of drug-likeness (QED) is 0.804. The lowest BCUT2D eigenvalue weighted by Gasteiger charge is -2.05. The van der Waals surface area contributed by atoms with E-state index in [0.717, 1.165) is 11.3 Å². The number of hydrogen-bond acceptors (Lipinski definition) is 4. The molecule has 0 aliphatic heterocycles. The summed E-state index contributed by atoms with van der Waals surface area (Å²) in [5.41, 5.74) is 8.10. The highest BCUT2D eigenvalue weighted by atomic mass is 16.5. The highest BCUT2D eigenvalue weighted by Gasteiger charge is 2.00. The summed E-state index contributed by atoms with van der Waals surface area (Å²) in [6, 6.07) is 13.1. The number of nitrogens with one attached hydrogen (secondary N) is 1. The summed E-state index contributed by atoms with van der Waals surface area (Å²) in [5.74, 6) is 0. The fourth-order valence-electron chi connectivity index (χ4n) is 1.80. The van der Waals surface area contributed by atoms with Gasteiger partial charge in [0.05, 0.1) is 11.4 Å². The predicted octanol–water partition coefficient (Wildman–Crippen LogP) is 2.99. The molecule has 5 heteroatoms. The van der Waals surface area contributed by atoms with Crippen LogP contribution in [0.25, 0.3) is 6.08 Å². The van der Waals surface area contributed by atoms with Crippen LogP contribution < -0.4 is 11.1 Å². The van der Waals surface area contributed by atoms with Gasteiger partial charge >= 0.3 is 6.09 Å². The number of amides is 1. The van der Waals surface area contributed by atoms with Crippen molar-refractivity contribution in [1.82, 2.24) is 10.3 Å². The summed E-state index contributed by atoms with van der Waals surface area (Å²) in [5, 5.41) is 2.69. The van der Waals surface area contributed by atoms with Crippen LogP contribution in [0.2, 0.25) is 0 Å². The molecule has 5 nitrogen and oxygen atoms in total. The van der Waals surface area contributed by atoms with Gasteiger partial charge in [-0.3, -0.25) is 4.98 Å². The van der Waals surface area contributed by atoms with E-state index in [9.17, 15) is 4.79 Å². The lowest BCUT2D eigenvalue weighted by Crippen LogP contribution is -2.24. The zero-order valence-corrected chi connectivity index (χ0v) is 12.2. The Hall–Kier alpha value is -2.82. The smallest absolute Gasteiger partial charge is 0.407 e. The van der Waals surface area contributed by atoms with Gasteiger partial charge in [0.1, 0.15) is 6.61 Å². The molecular weight excluding hydrogens is 278 g/mol. The summed E-state index contributed by atoms with van der Waals surface area (Å²) in [6.45, 7) is 0.768. The summed E-state index contributed by atoms with van der Waals surface area (Å²) in [4.78, 5) is 15.7. The van der Waals surface area contributed by atoms with Crippen molar-refractivity contribution < 1.29 is 9.53 Å². The Morgan fingerprint density at radius 1 is 1.23 bits per heavy atom. The number of nitrogens with zero attached hydrogens (tertiary/aromatic N) is 1. The molecule has 0 aliphatic rings. The first-order valence-electron chi connectivity index (χ1n) is 7.07. The van der Waals surface area contributed by atoms with E-state index in [1.807, 2.05) is 42.5 Å². The van der Waals surface area contributed by atoms with Crippen molar-refractivity contribution in [2.45, 2.75) is 13.0 Å². The van der Waals surface area contributed by atoms with E-state index >= 15 is 0 Å². The van der Waals surface area contributed by atoms with Crippen molar-refractivity contribution in [3.8, 4) is 0 Å².